The summed E-state index contributed by atoms with van der Waals surface area (Å²) in [6.07, 6.45) is 0.202. The summed E-state index contributed by atoms with van der Waals surface area (Å²) < 4.78 is 5.35. The van der Waals surface area contributed by atoms with Crippen molar-refractivity contribution in [1.29, 1.82) is 0 Å². The van der Waals surface area contributed by atoms with Gasteiger partial charge in [0.1, 0.15) is 5.75 Å². The molecule has 3 nitrogen and oxygen atoms in total. The monoisotopic (exact) mass is 239 g/mol. The van der Waals surface area contributed by atoms with Gasteiger partial charge in [-0.3, -0.25) is 4.79 Å². The number of primary amides is 1. The van der Waals surface area contributed by atoms with Gasteiger partial charge in [-0.15, -0.1) is 0 Å². The van der Waals surface area contributed by atoms with E-state index in [-0.39, 0.29) is 41.9 Å². The molecule has 0 spiro atoms. The number of carbonyl (C=O) groups excluding carboxylic acids is 1. The van der Waals surface area contributed by atoms with Crippen molar-refractivity contribution in [3.63, 3.8) is 0 Å². The molecule has 2 rings (SSSR count). The van der Waals surface area contributed by atoms with Crippen LogP contribution in [0.15, 0.2) is 36.4 Å². The van der Waals surface area contributed by atoms with Crippen molar-refractivity contribution < 1.29 is 9.53 Å². The van der Waals surface area contributed by atoms with Crippen LogP contribution in [-0.4, -0.2) is 42.6 Å². The molecule has 0 aliphatic rings. The number of nitrogens with two attached hydrogens (primary N) is 1. The zero-order chi connectivity index (χ0) is 11.5. The Kier molecular flexibility index (Phi) is 5.00. The normalized spacial score (nSPS) is 9.71. The average Bonchev–Trinajstić information content (AvgIpc) is 2.28. The minimum absolute atomic E-state index is 0. The first-order chi connectivity index (χ1) is 7.72. The Morgan fingerprint density at radius 2 is 1.94 bits per heavy atom. The zero-order valence-corrected chi connectivity index (χ0v) is 9.07. The van der Waals surface area contributed by atoms with Crippen LogP contribution in [0.2, 0.25) is 0 Å². The first-order valence-electron chi connectivity index (χ1n) is 5.05. The molecule has 0 bridgehead atoms. The Morgan fingerprint density at radius 1 is 1.24 bits per heavy atom. The minimum atomic E-state index is -0.353. The molecule has 0 aliphatic heterocycles. The van der Waals surface area contributed by atoms with Gasteiger partial charge >= 0.3 is 29.6 Å². The van der Waals surface area contributed by atoms with E-state index in [2.05, 4.69) is 0 Å². The number of amides is 1. The van der Waals surface area contributed by atoms with E-state index in [1.165, 1.54) is 0 Å². The van der Waals surface area contributed by atoms with Gasteiger partial charge in [0.25, 0.3) is 0 Å². The van der Waals surface area contributed by atoms with E-state index in [1.54, 1.807) is 7.11 Å². The van der Waals surface area contributed by atoms with Gasteiger partial charge in [0, 0.05) is 10.9 Å². The fourth-order valence-corrected chi connectivity index (χ4v) is 1.86. The van der Waals surface area contributed by atoms with Crippen molar-refractivity contribution in [2.45, 2.75) is 6.42 Å². The van der Waals surface area contributed by atoms with E-state index in [4.69, 9.17) is 10.5 Å². The maximum atomic E-state index is 10.9. The van der Waals surface area contributed by atoms with Gasteiger partial charge in [0.15, 0.2) is 0 Å². The van der Waals surface area contributed by atoms with E-state index in [0.29, 0.717) is 0 Å². The first kappa shape index (κ1) is 14.0. The van der Waals surface area contributed by atoms with Crippen molar-refractivity contribution in [2.24, 2.45) is 5.73 Å². The van der Waals surface area contributed by atoms with Crippen molar-refractivity contribution in [3.05, 3.63) is 42.0 Å². The number of carbonyl (C=O) groups is 1. The number of ether oxygens (including phenoxy) is 1. The van der Waals surface area contributed by atoms with E-state index >= 15 is 0 Å². The van der Waals surface area contributed by atoms with Crippen LogP contribution in [0.1, 0.15) is 5.56 Å². The number of hydrogen-bond donors (Lipinski definition) is 1. The predicted octanol–water partition coefficient (Wildman–Crippen LogP) is 1.23. The summed E-state index contributed by atoms with van der Waals surface area (Å²) in [5.41, 5.74) is 6.03. The second-order valence-electron chi connectivity index (χ2n) is 3.62. The number of rotatable bonds is 3. The summed E-state index contributed by atoms with van der Waals surface area (Å²) in [7, 11) is 1.60. The molecule has 0 aromatic heterocycles. The summed E-state index contributed by atoms with van der Waals surface area (Å²) in [5, 5.41) is 2.09. The van der Waals surface area contributed by atoms with Crippen molar-refractivity contribution >= 4 is 46.2 Å². The Hall–Kier alpha value is -1.03. The molecule has 4 heteroatoms. The third-order valence-electron chi connectivity index (χ3n) is 2.53. The predicted molar refractivity (Wildman–Crippen MR) is 70.5 cm³/mol. The molecule has 2 aromatic rings. The third kappa shape index (κ3) is 3.00. The maximum absolute atomic E-state index is 10.9. The summed E-state index contributed by atoms with van der Waals surface area (Å²) in [4.78, 5) is 10.9. The topological polar surface area (TPSA) is 52.3 Å². The number of methoxy groups -OCH3 is 1. The van der Waals surface area contributed by atoms with Crippen LogP contribution in [0.3, 0.4) is 0 Å². The molecule has 17 heavy (non-hydrogen) atoms. The summed E-state index contributed by atoms with van der Waals surface area (Å²) in [6.45, 7) is 0. The number of hydrogen-bond acceptors (Lipinski definition) is 2. The van der Waals surface area contributed by atoms with Crippen molar-refractivity contribution in [3.8, 4) is 5.75 Å². The Balaban J connectivity index is 0.00000144. The quantitative estimate of drug-likeness (QED) is 0.819. The first-order valence-corrected chi connectivity index (χ1v) is 5.05. The Morgan fingerprint density at radius 3 is 2.59 bits per heavy atom. The molecule has 0 atom stereocenters. The second-order valence-corrected chi connectivity index (χ2v) is 3.62. The molecule has 2 aromatic carbocycles. The van der Waals surface area contributed by atoms with E-state index in [1.807, 2.05) is 36.4 Å². The fraction of sp³-hybridized carbons (Fsp3) is 0.154. The molecular formula is C13H14NNaO2. The number of benzene rings is 2. The summed E-state index contributed by atoms with van der Waals surface area (Å²) >= 11 is 0. The van der Waals surface area contributed by atoms with E-state index in [0.717, 1.165) is 22.1 Å². The molecule has 0 radical (unpaired) electrons. The molecule has 0 unspecified atom stereocenters. The van der Waals surface area contributed by atoms with Crippen LogP contribution in [0.25, 0.3) is 10.8 Å². The molecular weight excluding hydrogens is 225 g/mol. The summed E-state index contributed by atoms with van der Waals surface area (Å²) in [5.74, 6) is 0.380. The van der Waals surface area contributed by atoms with E-state index in [9.17, 15) is 4.79 Å². The van der Waals surface area contributed by atoms with Crippen molar-refractivity contribution in [2.75, 3.05) is 7.11 Å². The second kappa shape index (κ2) is 6.05. The molecule has 1 amide bonds. The molecule has 0 saturated carbocycles. The Labute approximate surface area is 122 Å². The third-order valence-corrected chi connectivity index (χ3v) is 2.53. The standard InChI is InChI=1S/C13H13NO2.Na.H/c1-16-13-10(8-12(14)15)7-6-9-4-2-3-5-11(9)13;;/h2-7H,8H2,1H3,(H2,14,15);;. The van der Waals surface area contributed by atoms with Crippen molar-refractivity contribution in [1.82, 2.24) is 0 Å². The number of fused-ring (bicyclic) bond motifs is 1. The summed E-state index contributed by atoms with van der Waals surface area (Å²) in [6, 6.07) is 11.7. The van der Waals surface area contributed by atoms with Gasteiger partial charge in [-0.2, -0.15) is 0 Å². The van der Waals surface area contributed by atoms with Crippen LogP contribution in [-0.2, 0) is 11.2 Å². The molecule has 0 saturated heterocycles. The Bertz CT molecular complexity index is 540. The van der Waals surface area contributed by atoms with Gasteiger partial charge in [-0.1, -0.05) is 36.4 Å². The van der Waals surface area contributed by atoms with Gasteiger partial charge in [0.05, 0.1) is 13.5 Å². The molecule has 0 heterocycles. The van der Waals surface area contributed by atoms with Crippen LogP contribution < -0.4 is 10.5 Å². The molecule has 0 fully saturated rings. The van der Waals surface area contributed by atoms with Gasteiger partial charge in [0.2, 0.25) is 5.91 Å². The average molecular weight is 239 g/mol. The van der Waals surface area contributed by atoms with E-state index < -0.39 is 0 Å². The van der Waals surface area contributed by atoms with Crippen LogP contribution in [0.4, 0.5) is 0 Å². The van der Waals surface area contributed by atoms with Gasteiger partial charge in [-0.05, 0) is 5.39 Å². The van der Waals surface area contributed by atoms with Crippen LogP contribution in [0.5, 0.6) is 5.75 Å². The van der Waals surface area contributed by atoms with Crippen LogP contribution >= 0.6 is 0 Å². The van der Waals surface area contributed by atoms with Gasteiger partial charge < -0.3 is 10.5 Å². The SMILES string of the molecule is COc1c(CC(N)=O)ccc2ccccc12.[NaH]. The van der Waals surface area contributed by atoms with Crippen LogP contribution in [0, 0.1) is 0 Å². The molecule has 84 valence electrons. The zero-order valence-electron chi connectivity index (χ0n) is 9.07. The molecule has 0 aliphatic carbocycles. The van der Waals surface area contributed by atoms with Gasteiger partial charge in [-0.25, -0.2) is 0 Å². The molecule has 2 N–H and O–H groups in total. The fourth-order valence-electron chi connectivity index (χ4n) is 1.86.